The van der Waals surface area contributed by atoms with Gasteiger partial charge in [-0.2, -0.15) is 13.2 Å². The SMILES string of the molecule is CCC(F)(F)F.CN=C/C(=C(\C(C)=O)c1ccccc1)c1ccc(S(C)(=O)=O)cc1. The average molecular weight is 439 g/mol. The molecule has 0 unspecified atom stereocenters. The van der Waals surface area contributed by atoms with E-state index in [0.717, 1.165) is 24.3 Å². The minimum atomic E-state index is -3.96. The Balaban J connectivity index is 0.000000656. The van der Waals surface area contributed by atoms with Crippen molar-refractivity contribution in [1.29, 1.82) is 0 Å². The first kappa shape index (κ1) is 25.3. The molecule has 0 atom stereocenters. The number of hydrogen-bond donors (Lipinski definition) is 0. The number of nitrogens with zero attached hydrogens (tertiary/aromatic N) is 1. The molecule has 30 heavy (non-hydrogen) atoms. The van der Waals surface area contributed by atoms with Crippen LogP contribution in [0.4, 0.5) is 13.2 Å². The topological polar surface area (TPSA) is 63.6 Å². The van der Waals surface area contributed by atoms with Crippen molar-refractivity contribution in [2.75, 3.05) is 13.3 Å². The normalized spacial score (nSPS) is 12.8. The van der Waals surface area contributed by atoms with Crippen LogP contribution in [0.15, 0.2) is 64.5 Å². The summed E-state index contributed by atoms with van der Waals surface area (Å²) >= 11 is 0. The molecule has 2 aromatic carbocycles. The molecule has 0 aromatic heterocycles. The summed E-state index contributed by atoms with van der Waals surface area (Å²) in [5.41, 5.74) is 2.75. The molecule has 0 saturated heterocycles. The molecule has 0 aliphatic rings. The minimum Gasteiger partial charge on any atom is -0.296 e. The number of Topliss-reactive ketones (excluding diaryl/α,β-unsaturated/α-hetero) is 1. The number of ketones is 1. The van der Waals surface area contributed by atoms with Crippen molar-refractivity contribution in [3.63, 3.8) is 0 Å². The van der Waals surface area contributed by atoms with Gasteiger partial charge in [0.1, 0.15) is 0 Å². The third kappa shape index (κ3) is 7.94. The molecule has 162 valence electrons. The van der Waals surface area contributed by atoms with Crippen LogP contribution in [0.2, 0.25) is 0 Å². The van der Waals surface area contributed by atoms with Gasteiger partial charge in [-0.05, 0) is 30.2 Å². The Morgan fingerprint density at radius 2 is 1.50 bits per heavy atom. The molecule has 0 aliphatic heterocycles. The lowest BCUT2D eigenvalue weighted by molar-refractivity contribution is -0.130. The van der Waals surface area contributed by atoms with E-state index in [4.69, 9.17) is 0 Å². The van der Waals surface area contributed by atoms with Crippen LogP contribution in [0, 0.1) is 0 Å². The lowest BCUT2D eigenvalue weighted by Crippen LogP contribution is -2.03. The zero-order chi connectivity index (χ0) is 22.9. The number of sulfone groups is 1. The van der Waals surface area contributed by atoms with Gasteiger partial charge in [-0.25, -0.2) is 8.42 Å². The Kier molecular flexibility index (Phi) is 9.17. The molecule has 0 fully saturated rings. The van der Waals surface area contributed by atoms with Gasteiger partial charge >= 0.3 is 6.18 Å². The largest absolute Gasteiger partial charge is 0.388 e. The van der Waals surface area contributed by atoms with Crippen molar-refractivity contribution in [2.45, 2.75) is 31.3 Å². The van der Waals surface area contributed by atoms with Crippen LogP contribution in [0.25, 0.3) is 11.1 Å². The van der Waals surface area contributed by atoms with Gasteiger partial charge < -0.3 is 0 Å². The van der Waals surface area contributed by atoms with Gasteiger partial charge in [0.25, 0.3) is 0 Å². The number of halogens is 3. The third-order valence-corrected chi connectivity index (χ3v) is 5.06. The van der Waals surface area contributed by atoms with Crippen LogP contribution in [-0.2, 0) is 14.6 Å². The van der Waals surface area contributed by atoms with E-state index in [1.54, 1.807) is 25.4 Å². The minimum absolute atomic E-state index is 0.0803. The van der Waals surface area contributed by atoms with Crippen LogP contribution in [0.5, 0.6) is 0 Å². The first-order valence-electron chi connectivity index (χ1n) is 9.00. The number of carbonyl (C=O) groups is 1. The highest BCUT2D eigenvalue weighted by atomic mass is 32.2. The van der Waals surface area contributed by atoms with Gasteiger partial charge in [0.15, 0.2) is 15.6 Å². The maximum atomic E-state index is 12.2. The number of hydrogen-bond acceptors (Lipinski definition) is 4. The number of carbonyl (C=O) groups excluding carboxylic acids is 1. The third-order valence-electron chi connectivity index (χ3n) is 3.94. The first-order chi connectivity index (χ1) is 13.9. The number of alkyl halides is 3. The average Bonchev–Trinajstić information content (AvgIpc) is 2.67. The molecule has 4 nitrogen and oxygen atoms in total. The fraction of sp³-hybridized carbons (Fsp3) is 0.273. The highest BCUT2D eigenvalue weighted by Crippen LogP contribution is 2.27. The van der Waals surface area contributed by atoms with Crippen molar-refractivity contribution in [2.24, 2.45) is 4.99 Å². The smallest absolute Gasteiger partial charge is 0.296 e. The van der Waals surface area contributed by atoms with Crippen LogP contribution in [-0.4, -0.2) is 39.9 Å². The molecule has 0 bridgehead atoms. The van der Waals surface area contributed by atoms with Crippen molar-refractivity contribution in [3.05, 3.63) is 65.7 Å². The molecule has 0 aliphatic carbocycles. The summed E-state index contributed by atoms with van der Waals surface area (Å²) in [6.45, 7) is 2.59. The molecule has 2 aromatic rings. The second-order valence-corrected chi connectivity index (χ2v) is 8.38. The zero-order valence-electron chi connectivity index (χ0n) is 17.2. The van der Waals surface area contributed by atoms with Crippen molar-refractivity contribution in [1.82, 2.24) is 0 Å². The quantitative estimate of drug-likeness (QED) is 0.363. The lowest BCUT2D eigenvalue weighted by atomic mass is 9.93. The molecule has 0 N–H and O–H groups in total. The van der Waals surface area contributed by atoms with Crippen LogP contribution in [0.1, 0.15) is 31.4 Å². The molecule has 0 spiro atoms. The predicted molar refractivity (Wildman–Crippen MR) is 114 cm³/mol. The number of allylic oxidation sites excluding steroid dienone is 2. The Bertz CT molecular complexity index is 1010. The summed E-state index contributed by atoms with van der Waals surface area (Å²) < 4.78 is 55.6. The summed E-state index contributed by atoms with van der Waals surface area (Å²) in [5, 5.41) is 0. The maximum Gasteiger partial charge on any atom is 0.388 e. The molecule has 0 radical (unpaired) electrons. The second kappa shape index (κ2) is 10.9. The summed E-state index contributed by atoms with van der Waals surface area (Å²) in [4.78, 5) is 16.5. The highest BCUT2D eigenvalue weighted by Gasteiger charge is 2.22. The van der Waals surface area contributed by atoms with Crippen molar-refractivity contribution < 1.29 is 26.4 Å². The Hall–Kier alpha value is -2.74. The van der Waals surface area contributed by atoms with Gasteiger partial charge in [0.05, 0.1) is 4.90 Å². The number of rotatable bonds is 5. The highest BCUT2D eigenvalue weighted by molar-refractivity contribution is 7.90. The monoisotopic (exact) mass is 439 g/mol. The van der Waals surface area contributed by atoms with E-state index in [1.165, 1.54) is 19.1 Å². The summed E-state index contributed by atoms with van der Waals surface area (Å²) in [6, 6.07) is 15.8. The Morgan fingerprint density at radius 3 is 1.87 bits per heavy atom. The summed E-state index contributed by atoms with van der Waals surface area (Å²) in [5.74, 6) is -0.0803. The van der Waals surface area contributed by atoms with E-state index in [0.29, 0.717) is 11.1 Å². The van der Waals surface area contributed by atoms with E-state index < -0.39 is 22.4 Å². The van der Waals surface area contributed by atoms with E-state index in [9.17, 15) is 26.4 Å². The standard InChI is InChI=1S/C19H19NO3S.C3H5F3/c1-14(21)19(16-7-5-4-6-8-16)18(13-20-2)15-9-11-17(12-10-15)24(3,22)23;1-2-3(4,5)6/h4-13H,1-3H3;2H2,1H3/b19-18-,20-13?;. The van der Waals surface area contributed by atoms with Crippen LogP contribution < -0.4 is 0 Å². The van der Waals surface area contributed by atoms with E-state index >= 15 is 0 Å². The van der Waals surface area contributed by atoms with Crippen LogP contribution >= 0.6 is 0 Å². The molecule has 0 saturated carbocycles. The van der Waals surface area contributed by atoms with E-state index in [-0.39, 0.29) is 10.7 Å². The Labute approximate surface area is 175 Å². The van der Waals surface area contributed by atoms with E-state index in [2.05, 4.69) is 4.99 Å². The van der Waals surface area contributed by atoms with Crippen LogP contribution in [0.3, 0.4) is 0 Å². The molecular formula is C22H24F3NO3S. The molecule has 0 amide bonds. The second-order valence-electron chi connectivity index (χ2n) is 6.36. The zero-order valence-corrected chi connectivity index (χ0v) is 18.0. The van der Waals surface area contributed by atoms with Gasteiger partial charge in [-0.3, -0.25) is 9.79 Å². The van der Waals surface area contributed by atoms with Gasteiger partial charge in [0.2, 0.25) is 0 Å². The maximum absolute atomic E-state index is 12.2. The van der Waals surface area contributed by atoms with Gasteiger partial charge in [0, 0.05) is 37.1 Å². The fourth-order valence-corrected chi connectivity index (χ4v) is 3.08. The first-order valence-corrected chi connectivity index (χ1v) is 10.9. The van der Waals surface area contributed by atoms with Gasteiger partial charge in [-0.1, -0.05) is 49.4 Å². The summed E-state index contributed by atoms with van der Waals surface area (Å²) in [6.07, 6.45) is -1.90. The number of aliphatic imine (C=N–C) groups is 1. The molecule has 2 rings (SSSR count). The predicted octanol–water partition coefficient (Wildman–Crippen LogP) is 5.25. The molecule has 8 heteroatoms. The van der Waals surface area contributed by atoms with E-state index in [1.807, 2.05) is 30.3 Å². The summed E-state index contributed by atoms with van der Waals surface area (Å²) in [7, 11) is -1.63. The molecular weight excluding hydrogens is 415 g/mol. The fourth-order valence-electron chi connectivity index (χ4n) is 2.45. The van der Waals surface area contributed by atoms with Crippen molar-refractivity contribution >= 4 is 33.0 Å². The molecule has 0 heterocycles. The number of benzene rings is 2. The Morgan fingerprint density at radius 1 is 1.00 bits per heavy atom. The lowest BCUT2D eigenvalue weighted by Gasteiger charge is -2.11. The van der Waals surface area contributed by atoms with Gasteiger partial charge in [-0.15, -0.1) is 0 Å². The van der Waals surface area contributed by atoms with Crippen molar-refractivity contribution in [3.8, 4) is 0 Å².